The molecule has 0 amide bonds. The van der Waals surface area contributed by atoms with E-state index in [0.717, 1.165) is 171 Å². The zero-order valence-electron chi connectivity index (χ0n) is 86.0. The van der Waals surface area contributed by atoms with Crippen molar-refractivity contribution in [2.45, 2.75) is 83.1 Å². The third-order valence-electron chi connectivity index (χ3n) is 27.8. The molecular formula is C138H120N10. The van der Waals surface area contributed by atoms with Crippen molar-refractivity contribution in [2.75, 3.05) is 49.0 Å². The van der Waals surface area contributed by atoms with Crippen molar-refractivity contribution in [3.05, 3.63) is 576 Å². The van der Waals surface area contributed by atoms with E-state index in [1.54, 1.807) is 0 Å². The van der Waals surface area contributed by atoms with Crippen LogP contribution in [0.25, 0.3) is 0 Å². The summed E-state index contributed by atoms with van der Waals surface area (Å²) in [7, 11) is 0. The average Bonchev–Trinajstić information content (AvgIpc) is 0.748. The Morgan fingerprint density at radius 2 is 0.0946 bits per heavy atom. The van der Waals surface area contributed by atoms with E-state index in [-0.39, 0.29) is 0 Å². The van der Waals surface area contributed by atoms with Gasteiger partial charge in [-0.05, 0) is 447 Å². The fourth-order valence-electron chi connectivity index (χ4n) is 19.6. The predicted octanol–water partition coefficient (Wildman–Crippen LogP) is 40.1. The smallest absolute Gasteiger partial charge is 0.0463 e. The second-order valence-corrected chi connectivity index (χ2v) is 39.0. The molecule has 0 radical (unpaired) electrons. The van der Waals surface area contributed by atoms with Gasteiger partial charge in [0, 0.05) is 171 Å². The molecule has 21 aromatic carbocycles. The molecular weight excluding hydrogens is 1800 g/mol. The summed E-state index contributed by atoms with van der Waals surface area (Å²) in [6.07, 6.45) is 0. The van der Waals surface area contributed by atoms with Crippen LogP contribution in [0, 0.1) is 83.1 Å². The third kappa shape index (κ3) is 21.1. The third-order valence-corrected chi connectivity index (χ3v) is 27.8. The maximum absolute atomic E-state index is 2.40. The Morgan fingerprint density at radius 1 is 0.0608 bits per heavy atom. The highest BCUT2D eigenvalue weighted by molar-refractivity contribution is 5.92. The van der Waals surface area contributed by atoms with Crippen molar-refractivity contribution in [3.8, 4) is 0 Å². The highest BCUT2D eigenvalue weighted by Gasteiger charge is 2.27. The van der Waals surface area contributed by atoms with Gasteiger partial charge in [0.15, 0.2) is 0 Å². The Morgan fingerprint density at radius 3 is 0.135 bits per heavy atom. The minimum absolute atomic E-state index is 0.955. The summed E-state index contributed by atoms with van der Waals surface area (Å²) in [6.45, 7) is 25.7. The number of nitrogens with zero attached hydrogens (tertiary/aromatic N) is 10. The summed E-state index contributed by atoms with van der Waals surface area (Å²) in [5.41, 5.74) is 45.3. The van der Waals surface area contributed by atoms with Gasteiger partial charge in [-0.25, -0.2) is 0 Å². The zero-order chi connectivity index (χ0) is 101. The van der Waals surface area contributed by atoms with E-state index in [1.807, 2.05) is 0 Å². The molecule has 21 rings (SSSR count). The molecule has 0 unspecified atom stereocenters. The van der Waals surface area contributed by atoms with E-state index in [0.29, 0.717) is 0 Å². The van der Waals surface area contributed by atoms with E-state index in [4.69, 9.17) is 0 Å². The molecule has 0 saturated heterocycles. The van der Waals surface area contributed by atoms with Crippen LogP contribution in [0.15, 0.2) is 510 Å². The number of hydrogen-bond donors (Lipinski definition) is 0. The van der Waals surface area contributed by atoms with Crippen molar-refractivity contribution in [1.82, 2.24) is 0 Å². The topological polar surface area (TPSA) is 32.4 Å². The van der Waals surface area contributed by atoms with Crippen LogP contribution in [-0.4, -0.2) is 0 Å². The first kappa shape index (κ1) is 95.8. The SMILES string of the molecule is Cc1ccc(N(c2ccc(C)cc2)c2ccc(N(c3ccc(N(c4ccc(C)cc4)c4ccc(C)cc4)cc3)c3ccc(N(c4ccc(N(c5ccc(N(c6ccc(C)cc6)c6ccc(C)cc6)cc5)c5ccc(N(c6ccc(C)cc6)c6ccc(C)cc6)cc5)cc4)c4ccc(N(c5ccc(N(c6ccc(C)cc6)c6ccc(C)cc6)cc5)c5ccc(N(c6ccc(C)cc6)c6ccc(C)cc6)cc5)cc4)cc3)cc2)cc1. The Hall–Kier alpha value is -18.4. The van der Waals surface area contributed by atoms with E-state index in [2.05, 4.69) is 642 Å². The molecule has 21 aromatic rings. The maximum atomic E-state index is 2.40. The van der Waals surface area contributed by atoms with E-state index >= 15 is 0 Å². The van der Waals surface area contributed by atoms with Crippen LogP contribution in [0.2, 0.25) is 0 Å². The molecule has 0 saturated carbocycles. The number of aryl methyl sites for hydroxylation is 12. The fourth-order valence-corrected chi connectivity index (χ4v) is 19.6. The Bertz CT molecular complexity index is 6580. The lowest BCUT2D eigenvalue weighted by molar-refractivity contribution is 1.22. The summed E-state index contributed by atoms with van der Waals surface area (Å²) in [6, 6.07) is 187. The second-order valence-electron chi connectivity index (χ2n) is 39.0. The summed E-state index contributed by atoms with van der Waals surface area (Å²) in [5, 5.41) is 0. The number of anilines is 30. The molecule has 0 aliphatic heterocycles. The minimum atomic E-state index is 0.955. The maximum Gasteiger partial charge on any atom is 0.0463 e. The van der Waals surface area contributed by atoms with Crippen molar-refractivity contribution in [3.63, 3.8) is 0 Å². The molecule has 148 heavy (non-hydrogen) atoms. The quantitative estimate of drug-likeness (QED) is 0.0434. The lowest BCUT2D eigenvalue weighted by atomic mass is 10.1. The molecule has 0 atom stereocenters. The number of hydrogen-bond acceptors (Lipinski definition) is 10. The van der Waals surface area contributed by atoms with Gasteiger partial charge in [-0.2, -0.15) is 0 Å². The van der Waals surface area contributed by atoms with Gasteiger partial charge >= 0.3 is 0 Å². The molecule has 0 aliphatic rings. The van der Waals surface area contributed by atoms with Crippen LogP contribution in [0.3, 0.4) is 0 Å². The molecule has 10 heteroatoms. The predicted molar refractivity (Wildman–Crippen MR) is 630 cm³/mol. The van der Waals surface area contributed by atoms with Crippen LogP contribution in [0.1, 0.15) is 66.8 Å². The van der Waals surface area contributed by atoms with Crippen LogP contribution >= 0.6 is 0 Å². The van der Waals surface area contributed by atoms with Crippen molar-refractivity contribution < 1.29 is 0 Å². The fraction of sp³-hybridized carbons (Fsp3) is 0.0870. The van der Waals surface area contributed by atoms with Crippen LogP contribution < -0.4 is 49.0 Å². The Kier molecular flexibility index (Phi) is 27.6. The molecule has 10 nitrogen and oxygen atoms in total. The van der Waals surface area contributed by atoms with Crippen LogP contribution in [0.5, 0.6) is 0 Å². The van der Waals surface area contributed by atoms with Gasteiger partial charge < -0.3 is 49.0 Å². The first-order valence-corrected chi connectivity index (χ1v) is 51.0. The van der Waals surface area contributed by atoms with E-state index < -0.39 is 0 Å². The van der Waals surface area contributed by atoms with Gasteiger partial charge in [-0.1, -0.05) is 212 Å². The Balaban J connectivity index is 0.717. The van der Waals surface area contributed by atoms with Crippen molar-refractivity contribution in [1.29, 1.82) is 0 Å². The average molecular weight is 1920 g/mol. The van der Waals surface area contributed by atoms with Gasteiger partial charge in [0.05, 0.1) is 0 Å². The summed E-state index contributed by atoms with van der Waals surface area (Å²) >= 11 is 0. The molecule has 0 fully saturated rings. The van der Waals surface area contributed by atoms with Crippen molar-refractivity contribution in [2.24, 2.45) is 0 Å². The monoisotopic (exact) mass is 1920 g/mol. The highest BCUT2D eigenvalue weighted by atomic mass is 15.2. The first-order chi connectivity index (χ1) is 72.2. The van der Waals surface area contributed by atoms with Gasteiger partial charge in [-0.3, -0.25) is 0 Å². The second kappa shape index (κ2) is 42.7. The summed E-state index contributed by atoms with van der Waals surface area (Å²) < 4.78 is 0. The number of rotatable bonds is 30. The van der Waals surface area contributed by atoms with Gasteiger partial charge in [0.1, 0.15) is 0 Å². The first-order valence-electron chi connectivity index (χ1n) is 51.0. The van der Waals surface area contributed by atoms with Crippen molar-refractivity contribution >= 4 is 171 Å². The van der Waals surface area contributed by atoms with Gasteiger partial charge in [0.2, 0.25) is 0 Å². The van der Waals surface area contributed by atoms with Crippen LogP contribution in [0.4, 0.5) is 171 Å². The van der Waals surface area contributed by atoms with E-state index in [9.17, 15) is 0 Å². The van der Waals surface area contributed by atoms with Crippen LogP contribution in [-0.2, 0) is 0 Å². The number of benzene rings is 21. The molecule has 722 valence electrons. The van der Waals surface area contributed by atoms with Gasteiger partial charge in [0.25, 0.3) is 0 Å². The lowest BCUT2D eigenvalue weighted by Crippen LogP contribution is -2.15. The molecule has 0 spiro atoms. The van der Waals surface area contributed by atoms with Gasteiger partial charge in [-0.15, -0.1) is 0 Å². The lowest BCUT2D eigenvalue weighted by Gasteiger charge is -2.31. The molecule has 0 heterocycles. The minimum Gasteiger partial charge on any atom is -0.311 e. The molecule has 0 aliphatic carbocycles. The largest absolute Gasteiger partial charge is 0.311 e. The highest BCUT2D eigenvalue weighted by Crippen LogP contribution is 2.50. The summed E-state index contributed by atoms with van der Waals surface area (Å²) in [4.78, 5) is 23.6. The Labute approximate surface area is 873 Å². The van der Waals surface area contributed by atoms with E-state index in [1.165, 1.54) is 66.8 Å². The standard InChI is InChI=1S/C138H120N10/c1-97-13-37-109(38-14-97)139(110-39-15-98(2)16-40-110)121-61-73-127(74-62-121)145(128-75-63-122(64-76-128)140(111-41-17-99(3)18-42-111)112-43-19-100(4)20-44-112)133-85-91-136(92-86-133)148(137-93-87-134(88-94-137)146(129-77-65-123(66-78-129)141(113-45-21-101(5)22-46-113)114-47-23-102(6)24-48-114)130-79-67-124(68-80-130)142(115-49-25-103(7)26-50-115)116-51-27-104(8)28-52-116)138-95-89-135(90-96-138)147(131-81-69-125(70-82-131)143(117-53-29-105(9)30-54-117)118-55-31-106(10)32-56-118)132-83-71-126(72-84-132)144(119-57-33-107(11)34-58-119)120-59-35-108(12)36-60-120/h13-96H,1-12H3. The molecule has 0 N–H and O–H groups in total. The normalized spacial score (nSPS) is 11.1. The zero-order valence-corrected chi connectivity index (χ0v) is 86.0. The molecule has 0 aromatic heterocycles. The summed E-state index contributed by atoms with van der Waals surface area (Å²) in [5.74, 6) is 0. The molecule has 0 bridgehead atoms.